The van der Waals surface area contributed by atoms with E-state index in [1.807, 2.05) is 5.43 Å². The first kappa shape index (κ1) is 19.6. The lowest BCUT2D eigenvalue weighted by atomic mass is 10.1. The third-order valence-electron chi connectivity index (χ3n) is 2.83. The number of carboxylic acid groups (broad SMARTS) is 2. The highest BCUT2D eigenvalue weighted by Gasteiger charge is 1.96. The Kier molecular flexibility index (Phi) is 14.0. The summed E-state index contributed by atoms with van der Waals surface area (Å²) < 4.78 is 0. The maximum Gasteiger partial charge on any atom is 0.420 e. The van der Waals surface area contributed by atoms with Crippen LogP contribution in [0.1, 0.15) is 57.8 Å². The lowest BCUT2D eigenvalue weighted by Crippen LogP contribution is -2.56. The van der Waals surface area contributed by atoms with Crippen molar-refractivity contribution in [3.63, 3.8) is 0 Å². The third kappa shape index (κ3) is 18.6. The summed E-state index contributed by atoms with van der Waals surface area (Å²) in [5.41, 5.74) is 12.0. The zero-order valence-electron chi connectivity index (χ0n) is 12.3. The van der Waals surface area contributed by atoms with Crippen molar-refractivity contribution in [2.24, 2.45) is 0 Å². The van der Waals surface area contributed by atoms with E-state index in [2.05, 4.69) is 22.0 Å². The minimum Gasteiger partial charge on any atom is -0.481 e. The normalized spacial score (nSPS) is 10.5. The highest BCUT2D eigenvalue weighted by molar-refractivity contribution is 5.66. The molecule has 9 heteroatoms. The Hall–Kier alpha value is -1.42. The molecule has 0 aliphatic heterocycles. The van der Waals surface area contributed by atoms with Crippen LogP contribution in [0.2, 0.25) is 0 Å². The van der Waals surface area contributed by atoms with Crippen LogP contribution < -0.4 is 27.5 Å². The number of carbonyl (C=O) groups is 2. The van der Waals surface area contributed by atoms with Gasteiger partial charge in [-0.2, -0.15) is 16.6 Å². The zero-order valence-corrected chi connectivity index (χ0v) is 12.3. The van der Waals surface area contributed by atoms with Crippen LogP contribution in [0.5, 0.6) is 0 Å². The van der Waals surface area contributed by atoms with Gasteiger partial charge >= 0.3 is 12.1 Å². The molecule has 0 saturated heterocycles. The first-order valence-electron chi connectivity index (χ1n) is 7.31. The summed E-state index contributed by atoms with van der Waals surface area (Å²) in [7, 11) is 0. The Bertz CT molecular complexity index is 252. The molecule has 0 unspecified atom stereocenters. The molecule has 0 bridgehead atoms. The maximum absolute atomic E-state index is 10.3. The molecule has 1 amide bonds. The van der Waals surface area contributed by atoms with Crippen molar-refractivity contribution in [2.75, 3.05) is 6.54 Å². The molecule has 124 valence electrons. The van der Waals surface area contributed by atoms with E-state index in [1.54, 1.807) is 0 Å². The van der Waals surface area contributed by atoms with Crippen LogP contribution in [0.3, 0.4) is 0 Å². The van der Waals surface area contributed by atoms with Crippen molar-refractivity contribution in [3.05, 3.63) is 0 Å². The SMILES string of the molecule is O=C(O)CCCCCCCCCCNNNNNC(=O)O. The Morgan fingerprint density at radius 1 is 0.714 bits per heavy atom. The molecule has 0 aromatic rings. The van der Waals surface area contributed by atoms with E-state index in [0.29, 0.717) is 0 Å². The van der Waals surface area contributed by atoms with Gasteiger partial charge in [-0.05, 0) is 12.8 Å². The van der Waals surface area contributed by atoms with Gasteiger partial charge in [0.05, 0.1) is 0 Å². The quantitative estimate of drug-likeness (QED) is 0.175. The Morgan fingerprint density at radius 2 is 1.29 bits per heavy atom. The summed E-state index contributed by atoms with van der Waals surface area (Å²) in [6.45, 7) is 0.778. The molecule has 0 aromatic heterocycles. The molecule has 21 heavy (non-hydrogen) atoms. The molecule has 0 rings (SSSR count). The van der Waals surface area contributed by atoms with Gasteiger partial charge in [0, 0.05) is 13.0 Å². The fraction of sp³-hybridized carbons (Fsp3) is 0.833. The van der Waals surface area contributed by atoms with Crippen molar-refractivity contribution in [3.8, 4) is 0 Å². The molecular weight excluding hydrogens is 278 g/mol. The third-order valence-corrected chi connectivity index (χ3v) is 2.83. The second-order valence-electron chi connectivity index (χ2n) is 4.70. The van der Waals surface area contributed by atoms with Crippen LogP contribution in [0.25, 0.3) is 0 Å². The van der Waals surface area contributed by atoms with E-state index in [4.69, 9.17) is 10.2 Å². The van der Waals surface area contributed by atoms with Gasteiger partial charge in [0.15, 0.2) is 0 Å². The van der Waals surface area contributed by atoms with Crippen molar-refractivity contribution in [1.29, 1.82) is 0 Å². The van der Waals surface area contributed by atoms with Crippen molar-refractivity contribution in [2.45, 2.75) is 57.8 Å². The monoisotopic (exact) mass is 305 g/mol. The molecule has 0 heterocycles. The van der Waals surface area contributed by atoms with Crippen LogP contribution in [0, 0.1) is 0 Å². The van der Waals surface area contributed by atoms with Gasteiger partial charge in [-0.1, -0.05) is 38.5 Å². The van der Waals surface area contributed by atoms with Crippen LogP contribution in [-0.2, 0) is 4.79 Å². The summed E-state index contributed by atoms with van der Waals surface area (Å²) in [5, 5.41) is 16.7. The number of hydrogen-bond acceptors (Lipinski definition) is 6. The number of hydrogen-bond donors (Lipinski definition) is 7. The minimum absolute atomic E-state index is 0.281. The largest absolute Gasteiger partial charge is 0.481 e. The van der Waals surface area contributed by atoms with Gasteiger partial charge in [0.25, 0.3) is 0 Å². The maximum atomic E-state index is 10.3. The minimum atomic E-state index is -1.17. The standard InChI is InChI=1S/C12H27N5O4/c18-11(19)9-7-5-3-1-2-4-6-8-10-13-15-17-16-14-12(20)21/h13-17H,1-10H2,(H,18,19)(H,20,21). The summed E-state index contributed by atoms with van der Waals surface area (Å²) in [4.78, 5) is 20.4. The molecule has 0 atom stereocenters. The number of hydrazine groups is 4. The van der Waals surface area contributed by atoms with Gasteiger partial charge in [-0.3, -0.25) is 4.79 Å². The molecule has 0 aliphatic rings. The number of unbranched alkanes of at least 4 members (excludes halogenated alkanes) is 7. The summed E-state index contributed by atoms with van der Waals surface area (Å²) in [6.07, 6.45) is 7.68. The smallest absolute Gasteiger partial charge is 0.420 e. The number of aliphatic carboxylic acids is 1. The molecule has 0 saturated carbocycles. The average molecular weight is 305 g/mol. The van der Waals surface area contributed by atoms with Crippen molar-refractivity contribution < 1.29 is 19.8 Å². The topological polar surface area (TPSA) is 135 Å². The molecule has 0 aliphatic carbocycles. The van der Waals surface area contributed by atoms with Gasteiger partial charge in [0.2, 0.25) is 0 Å². The fourth-order valence-corrected chi connectivity index (χ4v) is 1.77. The van der Waals surface area contributed by atoms with Crippen LogP contribution in [-0.4, -0.2) is 28.8 Å². The van der Waals surface area contributed by atoms with Gasteiger partial charge in [0.1, 0.15) is 0 Å². The number of carboxylic acids is 1. The van der Waals surface area contributed by atoms with E-state index < -0.39 is 12.1 Å². The molecule has 0 aromatic carbocycles. The summed E-state index contributed by atoms with van der Waals surface area (Å²) >= 11 is 0. The summed E-state index contributed by atoms with van der Waals surface area (Å²) in [6, 6.07) is 0. The molecule has 0 radical (unpaired) electrons. The average Bonchev–Trinajstić information content (AvgIpc) is 2.42. The number of amides is 1. The van der Waals surface area contributed by atoms with E-state index >= 15 is 0 Å². The fourth-order valence-electron chi connectivity index (χ4n) is 1.77. The number of nitrogens with one attached hydrogen (secondary N) is 5. The predicted molar refractivity (Wildman–Crippen MR) is 77.8 cm³/mol. The van der Waals surface area contributed by atoms with Crippen LogP contribution in [0.15, 0.2) is 0 Å². The van der Waals surface area contributed by atoms with Gasteiger partial charge < -0.3 is 10.2 Å². The Labute approximate surface area is 124 Å². The molecule has 0 fully saturated rings. The molecule has 9 nitrogen and oxygen atoms in total. The van der Waals surface area contributed by atoms with Crippen LogP contribution >= 0.6 is 0 Å². The lowest BCUT2D eigenvalue weighted by molar-refractivity contribution is -0.137. The van der Waals surface area contributed by atoms with E-state index in [-0.39, 0.29) is 6.42 Å². The molecular formula is C12H27N5O4. The Balaban J connectivity index is 2.99. The van der Waals surface area contributed by atoms with Gasteiger partial charge in [-0.25, -0.2) is 15.6 Å². The van der Waals surface area contributed by atoms with Crippen molar-refractivity contribution >= 4 is 12.1 Å². The van der Waals surface area contributed by atoms with Crippen LogP contribution in [0.4, 0.5) is 4.79 Å². The highest BCUT2D eigenvalue weighted by atomic mass is 16.4. The number of rotatable bonds is 15. The zero-order chi connectivity index (χ0) is 15.8. The van der Waals surface area contributed by atoms with E-state index in [1.165, 1.54) is 12.8 Å². The predicted octanol–water partition coefficient (Wildman–Crippen LogP) is 0.868. The second-order valence-corrected chi connectivity index (χ2v) is 4.70. The molecule has 0 spiro atoms. The Morgan fingerprint density at radius 3 is 1.86 bits per heavy atom. The van der Waals surface area contributed by atoms with E-state index in [0.717, 1.165) is 45.1 Å². The first-order valence-corrected chi connectivity index (χ1v) is 7.31. The summed E-state index contributed by atoms with van der Waals surface area (Å²) in [5.74, 6) is -0.709. The van der Waals surface area contributed by atoms with E-state index in [9.17, 15) is 9.59 Å². The van der Waals surface area contributed by atoms with Gasteiger partial charge in [-0.15, -0.1) is 0 Å². The lowest BCUT2D eigenvalue weighted by Gasteiger charge is -2.09. The highest BCUT2D eigenvalue weighted by Crippen LogP contribution is 2.09. The first-order chi connectivity index (χ1) is 10.1. The molecule has 7 N–H and O–H groups in total. The second kappa shape index (κ2) is 15.0. The van der Waals surface area contributed by atoms with Crippen molar-refractivity contribution in [1.82, 2.24) is 27.5 Å².